The second-order valence-electron chi connectivity index (χ2n) is 5.24. The van der Waals surface area contributed by atoms with Gasteiger partial charge in [-0.25, -0.2) is 4.79 Å². The predicted octanol–water partition coefficient (Wildman–Crippen LogP) is 1.85. The fourth-order valence-corrected chi connectivity index (χ4v) is 1.78. The number of nitrogens with zero attached hydrogens (tertiary/aromatic N) is 1. The van der Waals surface area contributed by atoms with Crippen LogP contribution in [0.1, 0.15) is 20.3 Å². The number of rotatable bonds is 6. The fourth-order valence-electron chi connectivity index (χ4n) is 1.78. The number of nitrogens with one attached hydrogen (secondary N) is 1. The zero-order valence-electron chi connectivity index (χ0n) is 12.6. The Morgan fingerprint density at radius 3 is 2.43 bits per heavy atom. The Balaban J connectivity index is 2.80. The third kappa shape index (κ3) is 5.07. The van der Waals surface area contributed by atoms with E-state index in [2.05, 4.69) is 10.1 Å². The molecule has 0 aliphatic heterocycles. The molecule has 0 unspecified atom stereocenters. The SMILES string of the molecule is COC(=O)CCN(C(=O)Nc1ccccc1)C(C)(C)CO. The molecule has 0 aliphatic carbocycles. The van der Waals surface area contributed by atoms with E-state index in [1.54, 1.807) is 26.0 Å². The van der Waals surface area contributed by atoms with Gasteiger partial charge in [-0.15, -0.1) is 0 Å². The van der Waals surface area contributed by atoms with Crippen LogP contribution in [0.4, 0.5) is 10.5 Å². The molecule has 2 amide bonds. The number of aliphatic hydroxyl groups excluding tert-OH is 1. The van der Waals surface area contributed by atoms with Crippen molar-refractivity contribution in [2.45, 2.75) is 25.8 Å². The van der Waals surface area contributed by atoms with Crippen LogP contribution in [-0.2, 0) is 9.53 Å². The Kier molecular flexibility index (Phi) is 6.17. The predicted molar refractivity (Wildman–Crippen MR) is 80.0 cm³/mol. The van der Waals surface area contributed by atoms with E-state index in [0.717, 1.165) is 0 Å². The van der Waals surface area contributed by atoms with Crippen LogP contribution in [0.15, 0.2) is 30.3 Å². The summed E-state index contributed by atoms with van der Waals surface area (Å²) in [6.45, 7) is 3.42. The Hall–Kier alpha value is -2.08. The van der Waals surface area contributed by atoms with Crippen molar-refractivity contribution >= 4 is 17.7 Å². The van der Waals surface area contributed by atoms with Gasteiger partial charge in [0.15, 0.2) is 0 Å². The highest BCUT2D eigenvalue weighted by molar-refractivity contribution is 5.90. The number of urea groups is 1. The molecule has 1 rings (SSSR count). The van der Waals surface area contributed by atoms with Gasteiger partial charge in [0.25, 0.3) is 0 Å². The number of hydrogen-bond acceptors (Lipinski definition) is 4. The molecule has 0 bridgehead atoms. The zero-order valence-corrected chi connectivity index (χ0v) is 12.6. The second-order valence-corrected chi connectivity index (χ2v) is 5.24. The summed E-state index contributed by atoms with van der Waals surface area (Å²) in [5.74, 6) is -0.402. The molecule has 0 fully saturated rings. The van der Waals surface area contributed by atoms with Gasteiger partial charge >= 0.3 is 12.0 Å². The number of carbonyl (C=O) groups is 2. The Morgan fingerprint density at radius 1 is 1.29 bits per heavy atom. The molecule has 0 aromatic heterocycles. The molecule has 0 saturated heterocycles. The zero-order chi connectivity index (χ0) is 15.9. The molecule has 1 aromatic carbocycles. The average molecular weight is 294 g/mol. The van der Waals surface area contributed by atoms with Crippen LogP contribution in [0.3, 0.4) is 0 Å². The standard InChI is InChI=1S/C15H22N2O4/c1-15(2,11-18)17(10-9-13(19)21-3)14(20)16-12-7-5-4-6-8-12/h4-8,18H,9-11H2,1-3H3,(H,16,20). The van der Waals surface area contributed by atoms with E-state index < -0.39 is 11.5 Å². The van der Waals surface area contributed by atoms with Crippen LogP contribution in [0, 0.1) is 0 Å². The largest absolute Gasteiger partial charge is 0.469 e. The van der Waals surface area contributed by atoms with Crippen molar-refractivity contribution in [3.63, 3.8) is 0 Å². The van der Waals surface area contributed by atoms with E-state index in [1.807, 2.05) is 18.2 Å². The van der Waals surface area contributed by atoms with Gasteiger partial charge < -0.3 is 20.1 Å². The summed E-state index contributed by atoms with van der Waals surface area (Å²) in [6.07, 6.45) is 0.0716. The van der Waals surface area contributed by atoms with Crippen molar-refractivity contribution in [2.75, 3.05) is 25.6 Å². The first-order valence-electron chi connectivity index (χ1n) is 6.72. The second kappa shape index (κ2) is 7.64. The summed E-state index contributed by atoms with van der Waals surface area (Å²) < 4.78 is 4.59. The van der Waals surface area contributed by atoms with Crippen molar-refractivity contribution in [1.82, 2.24) is 4.90 Å². The molecule has 0 aliphatic rings. The number of hydrogen-bond donors (Lipinski definition) is 2. The van der Waals surface area contributed by atoms with E-state index in [9.17, 15) is 14.7 Å². The van der Waals surface area contributed by atoms with Gasteiger partial charge in [-0.3, -0.25) is 4.79 Å². The highest BCUT2D eigenvalue weighted by Gasteiger charge is 2.30. The molecule has 21 heavy (non-hydrogen) atoms. The molecule has 0 saturated carbocycles. The van der Waals surface area contributed by atoms with Crippen molar-refractivity contribution in [3.8, 4) is 0 Å². The molecule has 1 aromatic rings. The van der Waals surface area contributed by atoms with Gasteiger partial charge in [0.05, 0.1) is 25.7 Å². The highest BCUT2D eigenvalue weighted by atomic mass is 16.5. The monoisotopic (exact) mass is 294 g/mol. The Bertz CT molecular complexity index is 474. The summed E-state index contributed by atoms with van der Waals surface area (Å²) in [6, 6.07) is 8.63. The molecular weight excluding hydrogens is 272 g/mol. The summed E-state index contributed by atoms with van der Waals surface area (Å²) in [4.78, 5) is 25.1. The number of methoxy groups -OCH3 is 1. The van der Waals surface area contributed by atoms with Gasteiger partial charge in [0.1, 0.15) is 0 Å². The quantitative estimate of drug-likeness (QED) is 0.785. The van der Waals surface area contributed by atoms with Crippen molar-refractivity contribution in [3.05, 3.63) is 30.3 Å². The molecule has 6 heteroatoms. The number of anilines is 1. The number of para-hydroxylation sites is 1. The Morgan fingerprint density at radius 2 is 1.90 bits per heavy atom. The van der Waals surface area contributed by atoms with Gasteiger partial charge in [-0.2, -0.15) is 0 Å². The molecule has 2 N–H and O–H groups in total. The minimum absolute atomic E-state index is 0.0716. The van der Waals surface area contributed by atoms with Crippen LogP contribution >= 0.6 is 0 Å². The smallest absolute Gasteiger partial charge is 0.322 e. The minimum atomic E-state index is -0.785. The van der Waals surface area contributed by atoms with Crippen molar-refractivity contribution < 1.29 is 19.4 Å². The van der Waals surface area contributed by atoms with Crippen LogP contribution in [0.25, 0.3) is 0 Å². The maximum atomic E-state index is 12.4. The highest BCUT2D eigenvalue weighted by Crippen LogP contribution is 2.17. The molecule has 0 spiro atoms. The van der Waals surface area contributed by atoms with Crippen LogP contribution in [0.5, 0.6) is 0 Å². The third-order valence-corrected chi connectivity index (χ3v) is 3.16. The number of carbonyl (C=O) groups excluding carboxylic acids is 2. The van der Waals surface area contributed by atoms with Crippen molar-refractivity contribution in [2.24, 2.45) is 0 Å². The molecule has 116 valence electrons. The third-order valence-electron chi connectivity index (χ3n) is 3.16. The number of ether oxygens (including phenoxy) is 1. The molecular formula is C15H22N2O4. The van der Waals surface area contributed by atoms with Crippen LogP contribution < -0.4 is 5.32 Å². The van der Waals surface area contributed by atoms with Crippen molar-refractivity contribution in [1.29, 1.82) is 0 Å². The van der Waals surface area contributed by atoms with Gasteiger partial charge in [0.2, 0.25) is 0 Å². The lowest BCUT2D eigenvalue weighted by atomic mass is 10.0. The van der Waals surface area contributed by atoms with E-state index in [1.165, 1.54) is 12.0 Å². The summed E-state index contributed by atoms with van der Waals surface area (Å²) in [5.41, 5.74) is -0.133. The summed E-state index contributed by atoms with van der Waals surface area (Å²) >= 11 is 0. The number of amides is 2. The Labute approximate surface area is 124 Å². The summed E-state index contributed by atoms with van der Waals surface area (Å²) in [7, 11) is 1.30. The lowest BCUT2D eigenvalue weighted by Crippen LogP contribution is -2.52. The van der Waals surface area contributed by atoms with Crippen LogP contribution in [0.2, 0.25) is 0 Å². The maximum Gasteiger partial charge on any atom is 0.322 e. The van der Waals surface area contributed by atoms with Gasteiger partial charge in [-0.05, 0) is 26.0 Å². The van der Waals surface area contributed by atoms with E-state index in [0.29, 0.717) is 5.69 Å². The van der Waals surface area contributed by atoms with E-state index in [4.69, 9.17) is 0 Å². The number of benzene rings is 1. The average Bonchev–Trinajstić information content (AvgIpc) is 2.47. The molecule has 0 atom stereocenters. The van der Waals surface area contributed by atoms with Gasteiger partial charge in [0, 0.05) is 12.2 Å². The maximum absolute atomic E-state index is 12.4. The topological polar surface area (TPSA) is 78.9 Å². The molecule has 0 radical (unpaired) electrons. The lowest BCUT2D eigenvalue weighted by Gasteiger charge is -2.37. The van der Waals surface area contributed by atoms with Gasteiger partial charge in [-0.1, -0.05) is 18.2 Å². The van der Waals surface area contributed by atoms with E-state index in [-0.39, 0.29) is 25.6 Å². The molecule has 0 heterocycles. The van der Waals surface area contributed by atoms with E-state index >= 15 is 0 Å². The fraction of sp³-hybridized carbons (Fsp3) is 0.467. The number of aliphatic hydroxyl groups is 1. The first-order valence-corrected chi connectivity index (χ1v) is 6.72. The normalized spacial score (nSPS) is 10.9. The number of esters is 1. The molecule has 6 nitrogen and oxygen atoms in total. The first-order chi connectivity index (χ1) is 9.90. The lowest BCUT2D eigenvalue weighted by molar-refractivity contribution is -0.141. The minimum Gasteiger partial charge on any atom is -0.469 e. The first kappa shape index (κ1) is 17.0. The van der Waals surface area contributed by atoms with Crippen LogP contribution in [-0.4, -0.2) is 47.8 Å². The summed E-state index contributed by atoms with van der Waals surface area (Å²) in [5, 5.41) is 12.2.